The first kappa shape index (κ1) is 30.7. The molecule has 0 bridgehead atoms. The molecule has 40 heavy (non-hydrogen) atoms. The Hall–Kier alpha value is -3.83. The minimum absolute atomic E-state index is 0.134. The van der Waals surface area contributed by atoms with Gasteiger partial charge in [0.25, 0.3) is 5.91 Å². The van der Waals surface area contributed by atoms with Crippen LogP contribution in [0.25, 0.3) is 0 Å². The Morgan fingerprint density at radius 3 is 2.40 bits per heavy atom. The number of carbonyl (C=O) groups is 1. The van der Waals surface area contributed by atoms with Crippen LogP contribution in [0.15, 0.2) is 54.7 Å². The normalized spacial score (nSPS) is 11.4. The van der Waals surface area contributed by atoms with E-state index in [1.807, 2.05) is 19.2 Å². The van der Waals surface area contributed by atoms with E-state index in [2.05, 4.69) is 45.0 Å². The number of hydrogen-bond acceptors (Lipinski definition) is 7. The number of likely N-dealkylation sites (N-methyl/N-ethyl adjacent to an activating group) is 2. The van der Waals surface area contributed by atoms with Crippen LogP contribution in [0.1, 0.15) is 35.3 Å². The molecule has 0 fully saturated rings. The number of hydrogen-bond donors (Lipinski definition) is 4. The van der Waals surface area contributed by atoms with E-state index in [0.717, 1.165) is 31.4 Å². The lowest BCUT2D eigenvalue weighted by atomic mass is 10.1. The highest BCUT2D eigenvalue weighted by Crippen LogP contribution is 2.38. The predicted octanol–water partition coefficient (Wildman–Crippen LogP) is 5.43. The van der Waals surface area contributed by atoms with Gasteiger partial charge in [-0.05, 0) is 62.9 Å². The van der Waals surface area contributed by atoms with E-state index in [1.165, 1.54) is 13.2 Å². The van der Waals surface area contributed by atoms with Gasteiger partial charge in [0.15, 0.2) is 0 Å². The average Bonchev–Trinajstić information content (AvgIpc) is 2.94. The van der Waals surface area contributed by atoms with Crippen molar-refractivity contribution >= 4 is 28.8 Å². The van der Waals surface area contributed by atoms with E-state index in [-0.39, 0.29) is 17.4 Å². The molecule has 0 aliphatic rings. The molecule has 0 atom stereocenters. The second kappa shape index (κ2) is 14.5. The van der Waals surface area contributed by atoms with Crippen LogP contribution in [0.4, 0.5) is 36.1 Å². The van der Waals surface area contributed by atoms with E-state index in [9.17, 15) is 18.0 Å². The van der Waals surface area contributed by atoms with Crippen LogP contribution >= 0.6 is 0 Å². The zero-order valence-corrected chi connectivity index (χ0v) is 23.3. The van der Waals surface area contributed by atoms with E-state index >= 15 is 0 Å². The first-order valence-electron chi connectivity index (χ1n) is 13.2. The van der Waals surface area contributed by atoms with Gasteiger partial charge in [0.05, 0.1) is 24.0 Å². The number of para-hydroxylation sites is 1. The number of rotatable bonds is 14. The van der Waals surface area contributed by atoms with Crippen molar-refractivity contribution in [3.8, 4) is 5.75 Å². The number of anilines is 4. The molecule has 4 N–H and O–H groups in total. The molecule has 0 spiro atoms. The predicted molar refractivity (Wildman–Crippen MR) is 153 cm³/mol. The summed E-state index contributed by atoms with van der Waals surface area (Å²) in [6.07, 6.45) is -3.17. The van der Waals surface area contributed by atoms with Crippen LogP contribution in [-0.2, 0) is 12.6 Å². The summed E-state index contributed by atoms with van der Waals surface area (Å²) in [4.78, 5) is 18.9. The maximum absolute atomic E-state index is 13.9. The number of nitrogens with zero attached hydrogens (tertiary/aromatic N) is 2. The molecule has 0 saturated carbocycles. The average molecular weight is 559 g/mol. The van der Waals surface area contributed by atoms with Gasteiger partial charge in [-0.3, -0.25) is 4.79 Å². The molecule has 3 aromatic rings. The smallest absolute Gasteiger partial charge is 0.419 e. The Morgan fingerprint density at radius 2 is 1.73 bits per heavy atom. The Kier molecular flexibility index (Phi) is 11.2. The van der Waals surface area contributed by atoms with E-state index in [0.29, 0.717) is 42.2 Å². The molecule has 0 aliphatic heterocycles. The van der Waals surface area contributed by atoms with Crippen LogP contribution in [0, 0.1) is 0 Å². The van der Waals surface area contributed by atoms with Crippen LogP contribution < -0.4 is 26.0 Å². The molecule has 1 heterocycles. The maximum atomic E-state index is 13.9. The standard InChI is InChI=1S/C29H37F3N6O2/c1-5-38(6-2)16-15-34-28(39)21-11-12-24(26(17-21)40-4)37-27-18-25(22(19-35-27)29(30,31)32)36-23-10-8-7-9-20(23)13-14-33-3/h7-12,17-19,33H,5-6,13-16H2,1-4H3,(H,34,39)(H2,35,36,37). The third-order valence-electron chi connectivity index (χ3n) is 6.47. The van der Waals surface area contributed by atoms with Crippen LogP contribution in [0.2, 0.25) is 0 Å². The number of methoxy groups -OCH3 is 1. The number of pyridine rings is 1. The van der Waals surface area contributed by atoms with Crippen molar-refractivity contribution in [2.75, 3.05) is 57.5 Å². The Balaban J connectivity index is 1.83. The highest BCUT2D eigenvalue weighted by Gasteiger charge is 2.34. The van der Waals surface area contributed by atoms with Gasteiger partial charge in [0.2, 0.25) is 0 Å². The molecule has 0 aliphatic carbocycles. The molecule has 216 valence electrons. The second-order valence-electron chi connectivity index (χ2n) is 9.07. The summed E-state index contributed by atoms with van der Waals surface area (Å²) in [5.41, 5.74) is 1.30. The lowest BCUT2D eigenvalue weighted by Crippen LogP contribution is -2.34. The molecule has 0 saturated heterocycles. The molecule has 2 aromatic carbocycles. The van der Waals surface area contributed by atoms with E-state index in [4.69, 9.17) is 4.74 Å². The summed E-state index contributed by atoms with van der Waals surface area (Å²) in [5.74, 6) is 0.288. The largest absolute Gasteiger partial charge is 0.495 e. The van der Waals surface area contributed by atoms with Gasteiger partial charge in [-0.1, -0.05) is 32.0 Å². The monoisotopic (exact) mass is 558 g/mol. The number of carbonyl (C=O) groups excluding carboxylic acids is 1. The van der Waals surface area contributed by atoms with Crippen LogP contribution in [-0.4, -0.2) is 62.7 Å². The highest BCUT2D eigenvalue weighted by atomic mass is 19.4. The molecule has 0 radical (unpaired) electrons. The number of aromatic nitrogens is 1. The van der Waals surface area contributed by atoms with E-state index in [1.54, 1.807) is 30.3 Å². The fourth-order valence-corrected chi connectivity index (χ4v) is 4.16. The van der Waals surface area contributed by atoms with Gasteiger partial charge in [-0.15, -0.1) is 0 Å². The zero-order valence-electron chi connectivity index (χ0n) is 23.3. The Labute approximate surface area is 233 Å². The Morgan fingerprint density at radius 1 is 0.975 bits per heavy atom. The molecule has 1 aromatic heterocycles. The summed E-state index contributed by atoms with van der Waals surface area (Å²) < 4.78 is 47.0. The van der Waals surface area contributed by atoms with Gasteiger partial charge in [0.1, 0.15) is 11.6 Å². The minimum atomic E-state index is -4.61. The summed E-state index contributed by atoms with van der Waals surface area (Å²) >= 11 is 0. The number of nitrogens with one attached hydrogen (secondary N) is 4. The van der Waals surface area contributed by atoms with Gasteiger partial charge in [0, 0.05) is 36.6 Å². The van der Waals surface area contributed by atoms with Gasteiger partial charge in [-0.2, -0.15) is 13.2 Å². The van der Waals surface area contributed by atoms with Gasteiger partial charge in [-0.25, -0.2) is 4.98 Å². The summed E-state index contributed by atoms with van der Waals surface area (Å²) in [6, 6.07) is 13.4. The van der Waals surface area contributed by atoms with Crippen molar-refractivity contribution in [1.29, 1.82) is 0 Å². The summed E-state index contributed by atoms with van der Waals surface area (Å²) in [5, 5.41) is 11.9. The fraction of sp³-hybridized carbons (Fsp3) is 0.379. The van der Waals surface area contributed by atoms with Crippen molar-refractivity contribution in [2.45, 2.75) is 26.4 Å². The fourth-order valence-electron chi connectivity index (χ4n) is 4.16. The zero-order chi connectivity index (χ0) is 29.1. The van der Waals surface area contributed by atoms with Crippen molar-refractivity contribution in [3.63, 3.8) is 0 Å². The first-order valence-corrected chi connectivity index (χ1v) is 13.2. The Bertz CT molecular complexity index is 1260. The lowest BCUT2D eigenvalue weighted by molar-refractivity contribution is -0.137. The third-order valence-corrected chi connectivity index (χ3v) is 6.47. The second-order valence-corrected chi connectivity index (χ2v) is 9.07. The topological polar surface area (TPSA) is 90.6 Å². The molecule has 3 rings (SSSR count). The van der Waals surface area contributed by atoms with Crippen molar-refractivity contribution in [2.24, 2.45) is 0 Å². The SMILES string of the molecule is CCN(CC)CCNC(=O)c1ccc(Nc2cc(Nc3ccccc3CCNC)c(C(F)(F)F)cn2)c(OC)c1. The highest BCUT2D eigenvalue weighted by molar-refractivity contribution is 5.95. The third kappa shape index (κ3) is 8.33. The van der Waals surface area contributed by atoms with E-state index < -0.39 is 11.7 Å². The van der Waals surface area contributed by atoms with Crippen molar-refractivity contribution in [3.05, 3.63) is 71.4 Å². The number of benzene rings is 2. The van der Waals surface area contributed by atoms with Gasteiger partial charge < -0.3 is 30.9 Å². The molecular weight excluding hydrogens is 521 g/mol. The van der Waals surface area contributed by atoms with Crippen molar-refractivity contribution in [1.82, 2.24) is 20.5 Å². The van der Waals surface area contributed by atoms with Gasteiger partial charge >= 0.3 is 6.18 Å². The minimum Gasteiger partial charge on any atom is -0.495 e. The maximum Gasteiger partial charge on any atom is 0.419 e. The van der Waals surface area contributed by atoms with Crippen LogP contribution in [0.3, 0.4) is 0 Å². The first-order chi connectivity index (χ1) is 19.2. The molecule has 11 heteroatoms. The number of amides is 1. The molecular formula is C29H37F3N6O2. The molecule has 1 amide bonds. The lowest BCUT2D eigenvalue weighted by Gasteiger charge is -2.19. The summed E-state index contributed by atoms with van der Waals surface area (Å²) in [7, 11) is 3.27. The molecule has 0 unspecified atom stereocenters. The van der Waals surface area contributed by atoms with Crippen LogP contribution in [0.5, 0.6) is 5.75 Å². The quantitative estimate of drug-likeness (QED) is 0.210. The number of alkyl halides is 3. The number of ether oxygens (including phenoxy) is 1. The summed E-state index contributed by atoms with van der Waals surface area (Å²) in [6.45, 7) is 7.86. The van der Waals surface area contributed by atoms with Crippen molar-refractivity contribution < 1.29 is 22.7 Å². The molecule has 8 nitrogen and oxygen atoms in total. The number of halogens is 3.